The van der Waals surface area contributed by atoms with Crippen molar-refractivity contribution in [3.63, 3.8) is 0 Å². The predicted octanol–water partition coefficient (Wildman–Crippen LogP) is 2.90. The largest absolute Gasteiger partial charge is 0.390 e. The van der Waals surface area contributed by atoms with Gasteiger partial charge in [0.25, 0.3) is 0 Å². The number of ketones is 1. The van der Waals surface area contributed by atoms with Crippen LogP contribution in [0.15, 0.2) is 18.2 Å². The minimum atomic E-state index is -4.42. The Morgan fingerprint density at radius 3 is 2.53 bits per heavy atom. The van der Waals surface area contributed by atoms with Crippen molar-refractivity contribution in [2.24, 2.45) is 0 Å². The van der Waals surface area contributed by atoms with Crippen molar-refractivity contribution in [3.8, 4) is 0 Å². The van der Waals surface area contributed by atoms with Crippen LogP contribution in [-0.4, -0.2) is 24.9 Å². The minimum Gasteiger partial charge on any atom is -0.315 e. The number of anilines is 1. The van der Waals surface area contributed by atoms with Crippen LogP contribution in [0.5, 0.6) is 0 Å². The van der Waals surface area contributed by atoms with Gasteiger partial charge in [-0.15, -0.1) is 0 Å². The number of rotatable bonds is 2. The normalized spacial score (nSPS) is 18.7. The molecule has 1 aliphatic rings. The number of halogens is 3. The molecule has 0 bridgehead atoms. The fraction of sp³-hybridized carbons (Fsp3) is 0.385. The molecule has 1 aromatic rings. The molecule has 0 N–H and O–H groups in total. The van der Waals surface area contributed by atoms with E-state index in [4.69, 9.17) is 0 Å². The summed E-state index contributed by atoms with van der Waals surface area (Å²) in [6, 6.07) is 4.41. The molecule has 1 heterocycles. The zero-order valence-corrected chi connectivity index (χ0v) is 10.4. The van der Waals surface area contributed by atoms with E-state index >= 15 is 0 Å². The number of benzene rings is 1. The van der Waals surface area contributed by atoms with Gasteiger partial charge in [0.2, 0.25) is 5.91 Å². The SMILES string of the molecule is CC(=O)c1ccc2c(c1)C(CC(F)(F)F)C(=O)N2C. The maximum atomic E-state index is 12.5. The molecule has 2 rings (SSSR count). The third-order valence-corrected chi connectivity index (χ3v) is 3.24. The first-order chi connectivity index (χ1) is 8.70. The number of alkyl halides is 3. The first-order valence-corrected chi connectivity index (χ1v) is 5.70. The van der Waals surface area contributed by atoms with Gasteiger partial charge in [-0.2, -0.15) is 13.2 Å². The second-order valence-corrected chi connectivity index (χ2v) is 4.60. The lowest BCUT2D eigenvalue weighted by atomic mass is 9.94. The summed E-state index contributed by atoms with van der Waals surface area (Å²) in [5.41, 5.74) is 1.02. The van der Waals surface area contributed by atoms with Crippen molar-refractivity contribution in [2.45, 2.75) is 25.4 Å². The Morgan fingerprint density at radius 2 is 2.00 bits per heavy atom. The Morgan fingerprint density at radius 1 is 1.37 bits per heavy atom. The van der Waals surface area contributed by atoms with Crippen molar-refractivity contribution in [1.29, 1.82) is 0 Å². The number of likely N-dealkylation sites (N-methyl/N-ethyl adjacent to an activating group) is 1. The zero-order valence-electron chi connectivity index (χ0n) is 10.4. The molecule has 1 aliphatic heterocycles. The molecule has 102 valence electrons. The summed E-state index contributed by atoms with van der Waals surface area (Å²) >= 11 is 0. The highest BCUT2D eigenvalue weighted by atomic mass is 19.4. The Labute approximate surface area is 108 Å². The summed E-state index contributed by atoms with van der Waals surface area (Å²) in [6.07, 6.45) is -5.63. The van der Waals surface area contributed by atoms with Crippen molar-refractivity contribution in [3.05, 3.63) is 29.3 Å². The standard InChI is InChI=1S/C13H12F3NO2/c1-7(18)8-3-4-11-9(5-8)10(6-13(14,15)16)12(19)17(11)2/h3-5,10H,6H2,1-2H3. The van der Waals surface area contributed by atoms with Crippen LogP contribution in [0.25, 0.3) is 0 Å². The van der Waals surface area contributed by atoms with Gasteiger partial charge in [-0.3, -0.25) is 9.59 Å². The Bertz CT molecular complexity index is 551. The number of carbonyl (C=O) groups is 2. The highest BCUT2D eigenvalue weighted by Crippen LogP contribution is 2.42. The fourth-order valence-electron chi connectivity index (χ4n) is 2.27. The van der Waals surface area contributed by atoms with Gasteiger partial charge in [0.05, 0.1) is 12.3 Å². The third-order valence-electron chi connectivity index (χ3n) is 3.24. The van der Waals surface area contributed by atoms with E-state index < -0.39 is 24.4 Å². The number of amides is 1. The number of carbonyl (C=O) groups excluding carboxylic acids is 2. The molecule has 0 aliphatic carbocycles. The Kier molecular flexibility index (Phi) is 3.12. The van der Waals surface area contributed by atoms with E-state index in [1.165, 1.54) is 37.1 Å². The van der Waals surface area contributed by atoms with Crippen molar-refractivity contribution < 1.29 is 22.8 Å². The molecule has 0 spiro atoms. The van der Waals surface area contributed by atoms with Gasteiger partial charge in [0, 0.05) is 18.3 Å². The predicted molar refractivity (Wildman–Crippen MR) is 63.3 cm³/mol. The lowest BCUT2D eigenvalue weighted by Gasteiger charge is -2.13. The third kappa shape index (κ3) is 2.47. The summed E-state index contributed by atoms with van der Waals surface area (Å²) in [6.45, 7) is 1.33. The van der Waals surface area contributed by atoms with E-state index in [2.05, 4.69) is 0 Å². The van der Waals surface area contributed by atoms with Gasteiger partial charge in [0.1, 0.15) is 0 Å². The number of hydrogen-bond donors (Lipinski definition) is 0. The Balaban J connectivity index is 2.47. The van der Waals surface area contributed by atoms with Gasteiger partial charge in [-0.05, 0) is 30.7 Å². The van der Waals surface area contributed by atoms with Crippen LogP contribution >= 0.6 is 0 Å². The average molecular weight is 271 g/mol. The van der Waals surface area contributed by atoms with E-state index in [-0.39, 0.29) is 11.3 Å². The second kappa shape index (κ2) is 4.36. The van der Waals surface area contributed by atoms with Crippen LogP contribution in [0.1, 0.15) is 35.2 Å². The summed E-state index contributed by atoms with van der Waals surface area (Å²) < 4.78 is 37.6. The molecule has 1 amide bonds. The van der Waals surface area contributed by atoms with Crippen LogP contribution in [-0.2, 0) is 4.79 Å². The van der Waals surface area contributed by atoms with Gasteiger partial charge in [-0.1, -0.05) is 0 Å². The topological polar surface area (TPSA) is 37.4 Å². The average Bonchev–Trinajstić information content (AvgIpc) is 2.52. The van der Waals surface area contributed by atoms with E-state index in [1.807, 2.05) is 0 Å². The molecule has 0 saturated heterocycles. The molecule has 0 radical (unpaired) electrons. The van der Waals surface area contributed by atoms with Crippen LogP contribution in [0.2, 0.25) is 0 Å². The number of hydrogen-bond acceptors (Lipinski definition) is 2. The van der Waals surface area contributed by atoms with E-state index in [1.54, 1.807) is 0 Å². The molecule has 0 saturated carbocycles. The highest BCUT2D eigenvalue weighted by molar-refractivity contribution is 6.06. The van der Waals surface area contributed by atoms with Gasteiger partial charge < -0.3 is 4.90 Å². The summed E-state index contributed by atoms with van der Waals surface area (Å²) in [5.74, 6) is -2.08. The van der Waals surface area contributed by atoms with Crippen molar-refractivity contribution in [1.82, 2.24) is 0 Å². The molecule has 3 nitrogen and oxygen atoms in total. The van der Waals surface area contributed by atoms with Crippen LogP contribution in [0, 0.1) is 0 Å². The van der Waals surface area contributed by atoms with Crippen LogP contribution in [0.3, 0.4) is 0 Å². The van der Waals surface area contributed by atoms with E-state index in [9.17, 15) is 22.8 Å². The molecule has 0 fully saturated rings. The lowest BCUT2D eigenvalue weighted by Crippen LogP contribution is -2.26. The zero-order chi connectivity index (χ0) is 14.4. The number of nitrogens with zero attached hydrogens (tertiary/aromatic N) is 1. The quantitative estimate of drug-likeness (QED) is 0.776. The maximum absolute atomic E-state index is 12.5. The van der Waals surface area contributed by atoms with E-state index in [0.717, 1.165) is 0 Å². The van der Waals surface area contributed by atoms with Crippen molar-refractivity contribution in [2.75, 3.05) is 11.9 Å². The molecular formula is C13H12F3NO2. The smallest absolute Gasteiger partial charge is 0.315 e. The first-order valence-electron chi connectivity index (χ1n) is 5.70. The molecular weight excluding hydrogens is 259 g/mol. The second-order valence-electron chi connectivity index (χ2n) is 4.60. The number of fused-ring (bicyclic) bond motifs is 1. The van der Waals surface area contributed by atoms with Gasteiger partial charge in [0.15, 0.2) is 5.78 Å². The van der Waals surface area contributed by atoms with E-state index in [0.29, 0.717) is 11.3 Å². The van der Waals surface area contributed by atoms with Crippen LogP contribution in [0.4, 0.5) is 18.9 Å². The maximum Gasteiger partial charge on any atom is 0.390 e. The molecule has 19 heavy (non-hydrogen) atoms. The monoisotopic (exact) mass is 271 g/mol. The fourth-order valence-corrected chi connectivity index (χ4v) is 2.27. The molecule has 0 aromatic heterocycles. The molecule has 1 aromatic carbocycles. The van der Waals surface area contributed by atoms with Gasteiger partial charge in [-0.25, -0.2) is 0 Å². The van der Waals surface area contributed by atoms with Crippen molar-refractivity contribution >= 4 is 17.4 Å². The van der Waals surface area contributed by atoms with Gasteiger partial charge >= 0.3 is 6.18 Å². The number of Topliss-reactive ketones (excluding diaryl/α,β-unsaturated/α-hetero) is 1. The molecule has 1 unspecified atom stereocenters. The summed E-state index contributed by atoms with van der Waals surface area (Å²) in [4.78, 5) is 24.3. The molecule has 6 heteroatoms. The lowest BCUT2D eigenvalue weighted by molar-refractivity contribution is -0.146. The first kappa shape index (κ1) is 13.6. The van der Waals surface area contributed by atoms with Crippen LogP contribution < -0.4 is 4.90 Å². The summed E-state index contributed by atoms with van der Waals surface area (Å²) in [5, 5.41) is 0. The Hall–Kier alpha value is -1.85. The molecule has 1 atom stereocenters. The highest BCUT2D eigenvalue weighted by Gasteiger charge is 2.43. The minimum absolute atomic E-state index is 0.240. The summed E-state index contributed by atoms with van der Waals surface area (Å²) in [7, 11) is 1.44.